The van der Waals surface area contributed by atoms with Gasteiger partial charge in [-0.15, -0.1) is 0 Å². The number of rotatable bonds is 8. The molecular weight excluding hydrogens is 564 g/mol. The van der Waals surface area contributed by atoms with Crippen molar-refractivity contribution in [1.82, 2.24) is 10.3 Å². The Bertz CT molecular complexity index is 1750. The molecule has 1 aliphatic rings. The van der Waals surface area contributed by atoms with Crippen LogP contribution in [0.5, 0.6) is 0 Å². The van der Waals surface area contributed by atoms with Gasteiger partial charge in [0, 0.05) is 23.5 Å². The molecule has 0 saturated carbocycles. The number of nitrogens with zero attached hydrogens (tertiary/aromatic N) is 3. The van der Waals surface area contributed by atoms with E-state index < -0.39 is 16.7 Å². The molecule has 3 heterocycles. The number of carbonyl (C=O) groups excluding carboxylic acids is 2. The molecular formula is C28H22N6O5S2. The van der Waals surface area contributed by atoms with Gasteiger partial charge in [-0.25, -0.2) is 4.98 Å². The van der Waals surface area contributed by atoms with E-state index in [9.17, 15) is 25.0 Å². The van der Waals surface area contributed by atoms with Crippen LogP contribution in [0, 0.1) is 28.4 Å². The molecule has 1 atom stereocenters. The fourth-order valence-electron chi connectivity index (χ4n) is 4.38. The van der Waals surface area contributed by atoms with Crippen LogP contribution in [0.15, 0.2) is 87.1 Å². The maximum absolute atomic E-state index is 13.6. The van der Waals surface area contributed by atoms with Crippen LogP contribution in [0.25, 0.3) is 10.2 Å². The number of anilines is 2. The quantitative estimate of drug-likeness (QED) is 0.171. The van der Waals surface area contributed by atoms with Crippen LogP contribution in [0.3, 0.4) is 0 Å². The molecule has 0 radical (unpaired) electrons. The first kappa shape index (κ1) is 27.6. The van der Waals surface area contributed by atoms with Crippen LogP contribution in [0.4, 0.5) is 16.5 Å². The number of thioether (sulfide) groups is 1. The predicted molar refractivity (Wildman–Crippen MR) is 157 cm³/mol. The molecule has 0 aliphatic carbocycles. The summed E-state index contributed by atoms with van der Waals surface area (Å²) in [5.41, 5.74) is 2.71. The van der Waals surface area contributed by atoms with Gasteiger partial charge in [-0.2, -0.15) is 5.26 Å². The third-order valence-corrected chi connectivity index (χ3v) is 8.25. The number of fused-ring (bicyclic) bond motifs is 1. The van der Waals surface area contributed by atoms with E-state index in [1.165, 1.54) is 35.8 Å². The van der Waals surface area contributed by atoms with E-state index in [0.717, 1.165) is 22.0 Å². The summed E-state index contributed by atoms with van der Waals surface area (Å²) in [5, 5.41) is 30.8. The van der Waals surface area contributed by atoms with Crippen molar-refractivity contribution in [3.05, 3.63) is 104 Å². The SMILES string of the molecule is CC1=C(C(=O)Nc2nc3ccccc3s2)[C@H](c2ccco2)C(C#N)=C(SCC(=O)Nc2ccc([N+](=O)[O-])cc2C)N1. The van der Waals surface area contributed by atoms with Gasteiger partial charge in [0.2, 0.25) is 5.91 Å². The molecule has 13 heteroatoms. The van der Waals surface area contributed by atoms with Crippen LogP contribution in [0.1, 0.15) is 24.2 Å². The minimum absolute atomic E-state index is 0.0602. The Morgan fingerprint density at radius 2 is 2.00 bits per heavy atom. The van der Waals surface area contributed by atoms with Gasteiger partial charge >= 0.3 is 0 Å². The second-order valence-electron chi connectivity index (χ2n) is 9.00. The number of hydrogen-bond donors (Lipinski definition) is 3. The molecule has 0 saturated heterocycles. The average Bonchev–Trinajstić information content (AvgIpc) is 3.62. The lowest BCUT2D eigenvalue weighted by Crippen LogP contribution is -2.31. The summed E-state index contributed by atoms with van der Waals surface area (Å²) in [5.74, 6) is -1.27. The zero-order valence-corrected chi connectivity index (χ0v) is 23.4. The fraction of sp³-hybridized carbons (Fsp3) is 0.143. The highest BCUT2D eigenvalue weighted by Gasteiger charge is 2.37. The summed E-state index contributed by atoms with van der Waals surface area (Å²) in [7, 11) is 0. The van der Waals surface area contributed by atoms with Gasteiger partial charge in [-0.3, -0.25) is 25.0 Å². The highest BCUT2D eigenvalue weighted by atomic mass is 32.2. The minimum atomic E-state index is -0.812. The number of amides is 2. The highest BCUT2D eigenvalue weighted by molar-refractivity contribution is 8.03. The summed E-state index contributed by atoms with van der Waals surface area (Å²) in [6.07, 6.45) is 1.47. The number of allylic oxidation sites excluding steroid dienone is 2. The van der Waals surface area contributed by atoms with Crippen molar-refractivity contribution >= 4 is 61.6 Å². The number of non-ortho nitro benzene ring substituents is 1. The number of thiazole rings is 1. The molecule has 0 fully saturated rings. The Kier molecular flexibility index (Phi) is 7.86. The largest absolute Gasteiger partial charge is 0.468 e. The Balaban J connectivity index is 1.37. The lowest BCUT2D eigenvalue weighted by Gasteiger charge is -2.28. The van der Waals surface area contributed by atoms with Gasteiger partial charge in [0.1, 0.15) is 5.76 Å². The monoisotopic (exact) mass is 586 g/mol. The number of aryl methyl sites for hydroxylation is 1. The van der Waals surface area contributed by atoms with Crippen molar-refractivity contribution < 1.29 is 18.9 Å². The predicted octanol–water partition coefficient (Wildman–Crippen LogP) is 5.81. The van der Waals surface area contributed by atoms with Crippen LogP contribution >= 0.6 is 23.1 Å². The van der Waals surface area contributed by atoms with Crippen LogP contribution in [-0.4, -0.2) is 27.5 Å². The Hall–Kier alpha value is -4.93. The van der Waals surface area contributed by atoms with E-state index in [1.54, 1.807) is 26.0 Å². The minimum Gasteiger partial charge on any atom is -0.468 e. The smallest absolute Gasteiger partial charge is 0.269 e. The fourth-order valence-corrected chi connectivity index (χ4v) is 6.14. The zero-order valence-electron chi connectivity index (χ0n) is 21.8. The average molecular weight is 587 g/mol. The van der Waals surface area contributed by atoms with Crippen molar-refractivity contribution in [3.8, 4) is 6.07 Å². The van der Waals surface area contributed by atoms with E-state index in [2.05, 4.69) is 27.0 Å². The highest BCUT2D eigenvalue weighted by Crippen LogP contribution is 2.41. The molecule has 2 aromatic carbocycles. The second-order valence-corrected chi connectivity index (χ2v) is 11.0. The number of carbonyl (C=O) groups is 2. The number of nitro benzene ring substituents is 1. The van der Waals surface area contributed by atoms with Crippen LogP contribution in [0.2, 0.25) is 0 Å². The first-order chi connectivity index (χ1) is 19.7. The molecule has 0 unspecified atom stereocenters. The lowest BCUT2D eigenvalue weighted by molar-refractivity contribution is -0.384. The van der Waals surface area contributed by atoms with Crippen LogP contribution in [-0.2, 0) is 9.59 Å². The van der Waals surface area contributed by atoms with Crippen LogP contribution < -0.4 is 16.0 Å². The number of nitro groups is 1. The molecule has 206 valence electrons. The summed E-state index contributed by atoms with van der Waals surface area (Å²) in [6.45, 7) is 3.38. The first-order valence-corrected chi connectivity index (χ1v) is 14.1. The van der Waals surface area contributed by atoms with Gasteiger partial charge in [0.25, 0.3) is 11.6 Å². The molecule has 1 aliphatic heterocycles. The van der Waals surface area contributed by atoms with Crippen molar-refractivity contribution in [2.45, 2.75) is 19.8 Å². The van der Waals surface area contributed by atoms with E-state index in [4.69, 9.17) is 4.42 Å². The standard InChI is InChI=1S/C28H22N6O5S2/c1-15-12-17(34(37)38)9-10-19(15)31-23(35)14-40-27-18(13-29)25(21-7-5-11-39-21)24(16(2)30-27)26(36)33-28-32-20-6-3-4-8-22(20)41-28/h3-12,25,30H,14H2,1-2H3,(H,31,35)(H,32,33,36)/t25-/m0/s1. The molecule has 2 aromatic heterocycles. The molecule has 41 heavy (non-hydrogen) atoms. The lowest BCUT2D eigenvalue weighted by atomic mass is 9.85. The van der Waals surface area contributed by atoms with Crippen molar-refractivity contribution in [2.75, 3.05) is 16.4 Å². The Morgan fingerprint density at radius 3 is 2.68 bits per heavy atom. The normalized spacial score (nSPS) is 14.9. The number of furan rings is 1. The summed E-state index contributed by atoms with van der Waals surface area (Å²) in [4.78, 5) is 41.3. The molecule has 11 nitrogen and oxygen atoms in total. The van der Waals surface area contributed by atoms with E-state index in [-0.39, 0.29) is 22.9 Å². The van der Waals surface area contributed by atoms with E-state index >= 15 is 0 Å². The van der Waals surface area contributed by atoms with Gasteiger partial charge in [0.15, 0.2) is 5.13 Å². The first-order valence-electron chi connectivity index (χ1n) is 12.2. The summed E-state index contributed by atoms with van der Waals surface area (Å²) < 4.78 is 6.58. The number of nitriles is 1. The number of aromatic nitrogens is 1. The van der Waals surface area contributed by atoms with Crippen molar-refractivity contribution in [2.24, 2.45) is 0 Å². The summed E-state index contributed by atoms with van der Waals surface area (Å²) >= 11 is 2.45. The maximum atomic E-state index is 13.6. The van der Waals surface area contributed by atoms with E-state index in [0.29, 0.717) is 38.4 Å². The number of benzene rings is 2. The van der Waals surface area contributed by atoms with Gasteiger partial charge in [-0.05, 0) is 49.7 Å². The zero-order chi connectivity index (χ0) is 29.1. The topological polar surface area (TPSA) is 163 Å². The molecule has 2 amide bonds. The summed E-state index contributed by atoms with van der Waals surface area (Å²) in [6, 6.07) is 17.3. The number of dihydropyridines is 1. The van der Waals surface area contributed by atoms with Crippen molar-refractivity contribution in [3.63, 3.8) is 0 Å². The molecule has 4 aromatic rings. The number of hydrogen-bond acceptors (Lipinski definition) is 10. The molecule has 0 spiro atoms. The Labute approximate surface area is 242 Å². The number of nitrogens with one attached hydrogen (secondary N) is 3. The molecule has 0 bridgehead atoms. The third kappa shape index (κ3) is 5.84. The second kappa shape index (κ2) is 11.7. The van der Waals surface area contributed by atoms with Gasteiger partial charge < -0.3 is 15.1 Å². The van der Waals surface area contributed by atoms with Gasteiger partial charge in [-0.1, -0.05) is 35.2 Å². The molecule has 5 rings (SSSR count). The maximum Gasteiger partial charge on any atom is 0.269 e. The van der Waals surface area contributed by atoms with Crippen molar-refractivity contribution in [1.29, 1.82) is 5.26 Å². The van der Waals surface area contributed by atoms with Gasteiger partial charge in [0.05, 0.1) is 55.3 Å². The van der Waals surface area contributed by atoms with E-state index in [1.807, 2.05) is 24.3 Å². The third-order valence-electron chi connectivity index (χ3n) is 6.28. The Morgan fingerprint density at radius 1 is 1.20 bits per heavy atom. The molecule has 3 N–H and O–H groups in total. The number of para-hydroxylation sites is 1.